The zero-order valence-corrected chi connectivity index (χ0v) is 9.29. The van der Waals surface area contributed by atoms with Crippen LogP contribution in [0.2, 0.25) is 0 Å². The Balaban J connectivity index is 2.54. The summed E-state index contributed by atoms with van der Waals surface area (Å²) in [7, 11) is 0. The Bertz CT molecular complexity index is 475. The van der Waals surface area contributed by atoms with E-state index >= 15 is 0 Å². The minimum absolute atomic E-state index is 0.0553. The van der Waals surface area contributed by atoms with Crippen molar-refractivity contribution in [3.8, 4) is 0 Å². The van der Waals surface area contributed by atoms with Gasteiger partial charge in [-0.05, 0) is 0 Å². The van der Waals surface area contributed by atoms with Crippen LogP contribution in [0.15, 0.2) is 11.6 Å². The Morgan fingerprint density at radius 1 is 1.33 bits per heavy atom. The molecule has 0 aromatic heterocycles. The second-order valence-electron chi connectivity index (χ2n) is 4.77. The highest BCUT2D eigenvalue weighted by molar-refractivity contribution is 5.87. The summed E-state index contributed by atoms with van der Waals surface area (Å²) < 4.78 is 0. The summed E-state index contributed by atoms with van der Waals surface area (Å²) in [5.74, 6) is -1.34. The topological polar surface area (TPSA) is 136 Å². The van der Waals surface area contributed by atoms with Gasteiger partial charge in [-0.25, -0.2) is 4.79 Å². The molecule has 0 aromatic rings. The molecule has 1 heterocycles. The molecule has 0 amide bonds. The van der Waals surface area contributed by atoms with E-state index in [9.17, 15) is 25.0 Å². The average Bonchev–Trinajstić information content (AvgIpc) is 2.27. The van der Waals surface area contributed by atoms with E-state index in [1.54, 1.807) is 0 Å². The summed E-state index contributed by atoms with van der Waals surface area (Å²) >= 11 is 0. The lowest BCUT2D eigenvalue weighted by molar-refractivity contribution is -0.614. The minimum atomic E-state index is -1.70. The molecule has 1 fully saturated rings. The van der Waals surface area contributed by atoms with E-state index in [1.807, 2.05) is 0 Å². The van der Waals surface area contributed by atoms with E-state index < -0.39 is 26.9 Å². The summed E-state index contributed by atoms with van der Waals surface area (Å²) in [6.07, 6.45) is 0.477. The molecule has 0 saturated carbocycles. The molecule has 0 aromatic carbocycles. The maximum atomic E-state index is 11.1. The number of nitro groups is 2. The molecule has 18 heavy (non-hydrogen) atoms. The number of fused-ring (bicyclic) bond motifs is 2. The third kappa shape index (κ3) is 1.63. The Hall–Kier alpha value is -2.03. The maximum absolute atomic E-state index is 11.1. The molecule has 2 bridgehead atoms. The monoisotopic (exact) mass is 257 g/mol. The molecule has 2 unspecified atom stereocenters. The lowest BCUT2D eigenvalue weighted by Crippen LogP contribution is -2.65. The number of carboxylic acids is 1. The van der Waals surface area contributed by atoms with Gasteiger partial charge in [0.15, 0.2) is 0 Å². The molecule has 0 radical (unpaired) electrons. The SMILES string of the molecule is O=C(O)C1=CC2([N+](=O)[O-])CNCC([N+](=O)[O-])(C1)C2. The van der Waals surface area contributed by atoms with Gasteiger partial charge in [0.2, 0.25) is 5.54 Å². The van der Waals surface area contributed by atoms with Gasteiger partial charge in [0.1, 0.15) is 0 Å². The predicted molar refractivity (Wildman–Crippen MR) is 57.3 cm³/mol. The van der Waals surface area contributed by atoms with Crippen molar-refractivity contribution >= 4 is 5.97 Å². The lowest BCUT2D eigenvalue weighted by atomic mass is 9.70. The third-order valence-electron chi connectivity index (χ3n) is 3.51. The highest BCUT2D eigenvalue weighted by atomic mass is 16.6. The molecule has 1 aliphatic heterocycles. The van der Waals surface area contributed by atoms with Crippen molar-refractivity contribution in [3.05, 3.63) is 31.9 Å². The van der Waals surface area contributed by atoms with E-state index in [-0.39, 0.29) is 31.5 Å². The van der Waals surface area contributed by atoms with E-state index in [2.05, 4.69) is 5.32 Å². The molecule has 9 nitrogen and oxygen atoms in total. The van der Waals surface area contributed by atoms with Gasteiger partial charge in [0, 0.05) is 21.5 Å². The molecular formula is C9H11N3O6. The van der Waals surface area contributed by atoms with Gasteiger partial charge in [0.25, 0.3) is 5.54 Å². The number of carboxylic acid groups (broad SMARTS) is 1. The van der Waals surface area contributed by atoms with Crippen LogP contribution < -0.4 is 5.32 Å². The molecule has 2 rings (SSSR count). The normalized spacial score (nSPS) is 34.6. The van der Waals surface area contributed by atoms with Crippen LogP contribution in [0.1, 0.15) is 12.8 Å². The average molecular weight is 257 g/mol. The second kappa shape index (κ2) is 3.73. The second-order valence-corrected chi connectivity index (χ2v) is 4.77. The van der Waals surface area contributed by atoms with Gasteiger partial charge in [0.05, 0.1) is 25.9 Å². The van der Waals surface area contributed by atoms with Crippen LogP contribution in [-0.2, 0) is 4.79 Å². The van der Waals surface area contributed by atoms with Crippen molar-refractivity contribution in [3.63, 3.8) is 0 Å². The Labute approximate surface area is 101 Å². The van der Waals surface area contributed by atoms with Gasteiger partial charge in [-0.15, -0.1) is 0 Å². The maximum Gasteiger partial charge on any atom is 0.331 e. The van der Waals surface area contributed by atoms with Crippen molar-refractivity contribution in [2.24, 2.45) is 0 Å². The Kier molecular flexibility index (Phi) is 2.58. The van der Waals surface area contributed by atoms with E-state index in [4.69, 9.17) is 5.11 Å². The van der Waals surface area contributed by atoms with E-state index in [0.717, 1.165) is 6.08 Å². The van der Waals surface area contributed by atoms with Crippen LogP contribution in [0.5, 0.6) is 0 Å². The zero-order valence-electron chi connectivity index (χ0n) is 9.29. The van der Waals surface area contributed by atoms with Crippen molar-refractivity contribution in [1.82, 2.24) is 5.32 Å². The van der Waals surface area contributed by atoms with E-state index in [0.29, 0.717) is 0 Å². The molecule has 2 N–H and O–H groups in total. The molecule has 2 atom stereocenters. The summed E-state index contributed by atoms with van der Waals surface area (Å²) in [4.78, 5) is 32.0. The third-order valence-corrected chi connectivity index (χ3v) is 3.51. The Morgan fingerprint density at radius 3 is 2.50 bits per heavy atom. The van der Waals surface area contributed by atoms with Crippen molar-refractivity contribution in [2.45, 2.75) is 23.9 Å². The molecule has 9 heteroatoms. The highest BCUT2D eigenvalue weighted by Crippen LogP contribution is 2.40. The van der Waals surface area contributed by atoms with Crippen molar-refractivity contribution in [1.29, 1.82) is 0 Å². The van der Waals surface area contributed by atoms with Crippen LogP contribution in [0.4, 0.5) is 0 Å². The number of nitrogens with one attached hydrogen (secondary N) is 1. The smallest absolute Gasteiger partial charge is 0.331 e. The van der Waals surface area contributed by atoms with Gasteiger partial charge in [-0.2, -0.15) is 0 Å². The van der Waals surface area contributed by atoms with Crippen LogP contribution in [0.3, 0.4) is 0 Å². The number of hydrogen-bond acceptors (Lipinski definition) is 6. The fraction of sp³-hybridized carbons (Fsp3) is 0.667. The quantitative estimate of drug-likeness (QED) is 0.510. The molecular weight excluding hydrogens is 246 g/mol. The van der Waals surface area contributed by atoms with Crippen molar-refractivity contribution < 1.29 is 19.7 Å². The minimum Gasteiger partial charge on any atom is -0.478 e. The number of aliphatic carboxylic acids is 1. The fourth-order valence-electron chi connectivity index (χ4n) is 2.68. The molecule has 1 saturated heterocycles. The number of piperidine rings is 1. The van der Waals surface area contributed by atoms with Crippen molar-refractivity contribution in [2.75, 3.05) is 13.1 Å². The van der Waals surface area contributed by atoms with Crippen LogP contribution >= 0.6 is 0 Å². The molecule has 0 spiro atoms. The summed E-state index contributed by atoms with van der Waals surface area (Å²) in [5, 5.41) is 33.9. The predicted octanol–water partition coefficient (Wildman–Crippen LogP) is -0.575. The Morgan fingerprint density at radius 2 is 2.00 bits per heavy atom. The van der Waals surface area contributed by atoms with Gasteiger partial charge >= 0.3 is 5.97 Å². The molecule has 2 aliphatic rings. The standard InChI is InChI=1S/C9H11N3O6/c13-7(14)6-1-8(11(15)16)3-9(2-6,12(17)18)5-10-4-8/h1,10H,2-5H2,(H,13,14). The van der Waals surface area contributed by atoms with Crippen LogP contribution in [0.25, 0.3) is 0 Å². The first kappa shape index (κ1) is 12.4. The number of nitrogens with zero attached hydrogens (tertiary/aromatic N) is 2. The fourth-order valence-corrected chi connectivity index (χ4v) is 2.68. The van der Waals surface area contributed by atoms with Gasteiger partial charge in [-0.3, -0.25) is 20.2 Å². The molecule has 1 aliphatic carbocycles. The first-order chi connectivity index (χ1) is 8.31. The first-order valence-electron chi connectivity index (χ1n) is 5.26. The highest BCUT2D eigenvalue weighted by Gasteiger charge is 2.62. The number of hydrogen-bond donors (Lipinski definition) is 2. The summed E-state index contributed by atoms with van der Waals surface area (Å²) in [6.45, 7) is -0.146. The lowest BCUT2D eigenvalue weighted by Gasteiger charge is -2.39. The van der Waals surface area contributed by atoms with Gasteiger partial charge < -0.3 is 10.4 Å². The van der Waals surface area contributed by atoms with Crippen LogP contribution in [-0.4, -0.2) is 45.1 Å². The zero-order chi connectivity index (χ0) is 13.6. The largest absolute Gasteiger partial charge is 0.478 e. The first-order valence-corrected chi connectivity index (χ1v) is 5.26. The van der Waals surface area contributed by atoms with E-state index in [1.165, 1.54) is 0 Å². The number of rotatable bonds is 3. The van der Waals surface area contributed by atoms with Crippen LogP contribution in [0, 0.1) is 20.2 Å². The number of carbonyl (C=O) groups is 1. The van der Waals surface area contributed by atoms with Gasteiger partial charge in [-0.1, -0.05) is 0 Å². The summed E-state index contributed by atoms with van der Waals surface area (Å²) in [6, 6.07) is 0. The summed E-state index contributed by atoms with van der Waals surface area (Å²) in [5.41, 5.74) is -3.55. The molecule has 98 valence electrons.